The van der Waals surface area contributed by atoms with Gasteiger partial charge in [-0.25, -0.2) is 0 Å². The highest BCUT2D eigenvalue weighted by atomic mass is 28.3. The molecule has 0 spiro atoms. The van der Waals surface area contributed by atoms with Crippen molar-refractivity contribution in [2.75, 3.05) is 9.80 Å². The Kier molecular flexibility index (Phi) is 10.2. The molecule has 0 bridgehead atoms. The van der Waals surface area contributed by atoms with Gasteiger partial charge in [0.05, 0.1) is 0 Å². The highest BCUT2D eigenvalue weighted by molar-refractivity contribution is 7.21. The predicted octanol–water partition coefficient (Wildman–Crippen LogP) is 15.2. The van der Waals surface area contributed by atoms with E-state index in [-0.39, 0.29) is 0 Å². The second-order valence-electron chi connectivity index (χ2n) is 18.1. The van der Waals surface area contributed by atoms with Crippen molar-refractivity contribution in [1.82, 2.24) is 0 Å². The van der Waals surface area contributed by atoms with E-state index in [1.807, 2.05) is 0 Å². The summed E-state index contributed by atoms with van der Waals surface area (Å²) in [5.41, 5.74) is 15.4. The first-order valence-electron chi connectivity index (χ1n) is 24.0. The lowest BCUT2D eigenvalue weighted by molar-refractivity contribution is 0.669. The molecule has 0 amide bonds. The van der Waals surface area contributed by atoms with E-state index < -0.39 is 8.07 Å². The van der Waals surface area contributed by atoms with Crippen molar-refractivity contribution in [1.29, 1.82) is 0 Å². The summed E-state index contributed by atoms with van der Waals surface area (Å²) in [5.74, 6) is 0. The molecule has 1 aliphatic heterocycles. The molecule has 0 saturated carbocycles. The average molecular weight is 911 g/mol. The fraction of sp³-hybridized carbons (Fsp3) is 0. The lowest BCUT2D eigenvalue weighted by Crippen LogP contribution is -2.77. The van der Waals surface area contributed by atoms with Crippen LogP contribution >= 0.6 is 0 Å². The molecule has 2 heterocycles. The van der Waals surface area contributed by atoms with Crippen LogP contribution in [0.1, 0.15) is 0 Å². The van der Waals surface area contributed by atoms with Crippen LogP contribution in [0.3, 0.4) is 0 Å². The topological polar surface area (TPSA) is 19.6 Å². The molecule has 1 aromatic heterocycles. The van der Waals surface area contributed by atoms with Gasteiger partial charge in [0, 0.05) is 51.0 Å². The summed E-state index contributed by atoms with van der Waals surface area (Å²) in [6, 6.07) is 102. The molecule has 0 radical (unpaired) electrons. The molecule has 0 atom stereocenters. The third kappa shape index (κ3) is 6.96. The summed E-state index contributed by atoms with van der Waals surface area (Å²) in [4.78, 5) is 4.79. The zero-order valence-electron chi connectivity index (χ0n) is 38.4. The van der Waals surface area contributed by atoms with Gasteiger partial charge in [0.25, 0.3) is 0 Å². The van der Waals surface area contributed by atoms with Gasteiger partial charge in [0.1, 0.15) is 11.2 Å². The van der Waals surface area contributed by atoms with Gasteiger partial charge >= 0.3 is 0 Å². The third-order valence-corrected chi connectivity index (χ3v) is 19.0. The van der Waals surface area contributed by atoms with Gasteiger partial charge in [0.2, 0.25) is 0 Å². The van der Waals surface area contributed by atoms with Crippen LogP contribution in [0, 0.1) is 0 Å². The van der Waals surface area contributed by atoms with E-state index in [0.717, 1.165) is 55.8 Å². The second kappa shape index (κ2) is 17.3. The second-order valence-corrected chi connectivity index (χ2v) is 21.8. The fourth-order valence-electron chi connectivity index (χ4n) is 10.9. The SMILES string of the molecule is c1ccc(-c2ccc(N(c3ccc(-c4ccccc4)cc3)c3ccc4c(c3)oc3cc(-c5ccc6c(c5)N(c5ccccc5)c5ccccc5[Si]6(c5ccccc5)c5ccccc5)ccc34)cc2)cc1. The van der Waals surface area contributed by atoms with E-state index in [1.54, 1.807) is 0 Å². The van der Waals surface area contributed by atoms with E-state index in [0.29, 0.717) is 0 Å². The van der Waals surface area contributed by atoms with Crippen LogP contribution in [0.15, 0.2) is 283 Å². The first kappa shape index (κ1) is 41.2. The normalized spacial score (nSPS) is 12.7. The Balaban J connectivity index is 0.934. The zero-order chi connectivity index (χ0) is 46.4. The van der Waals surface area contributed by atoms with Crippen molar-refractivity contribution >= 4 is 84.9 Å². The molecule has 0 aliphatic carbocycles. The minimum absolute atomic E-state index is 0.843. The number of fused-ring (bicyclic) bond motifs is 5. The fourth-order valence-corrected chi connectivity index (χ4v) is 16.0. The summed E-state index contributed by atoms with van der Waals surface area (Å²) < 4.78 is 6.90. The number of benzene rings is 11. The van der Waals surface area contributed by atoms with Crippen molar-refractivity contribution in [2.24, 2.45) is 0 Å². The average Bonchev–Trinajstić information content (AvgIpc) is 3.81. The van der Waals surface area contributed by atoms with E-state index in [4.69, 9.17) is 4.42 Å². The number of para-hydroxylation sites is 2. The lowest BCUT2D eigenvalue weighted by Gasteiger charge is -2.45. The van der Waals surface area contributed by atoms with Gasteiger partial charge < -0.3 is 14.2 Å². The molecule has 330 valence electrons. The summed E-state index contributed by atoms with van der Waals surface area (Å²) in [6.45, 7) is 0. The number of anilines is 6. The van der Waals surface area contributed by atoms with Gasteiger partial charge in [0.15, 0.2) is 8.07 Å². The van der Waals surface area contributed by atoms with E-state index in [9.17, 15) is 0 Å². The molecule has 70 heavy (non-hydrogen) atoms. The molecule has 13 rings (SSSR count). The smallest absolute Gasteiger partial charge is 0.184 e. The van der Waals surface area contributed by atoms with Crippen molar-refractivity contribution in [3.05, 3.63) is 279 Å². The summed E-state index contributed by atoms with van der Waals surface area (Å²) >= 11 is 0. The van der Waals surface area contributed by atoms with Crippen LogP contribution < -0.4 is 30.5 Å². The molecule has 0 saturated heterocycles. The Hall–Kier alpha value is -8.96. The maximum Gasteiger partial charge on any atom is 0.184 e. The van der Waals surface area contributed by atoms with E-state index in [1.165, 1.54) is 54.4 Å². The monoisotopic (exact) mass is 910 g/mol. The molecule has 0 unspecified atom stereocenters. The molecule has 12 aromatic rings. The molecular formula is C66H46N2OSi. The van der Waals surface area contributed by atoms with Crippen LogP contribution in [0.5, 0.6) is 0 Å². The van der Waals surface area contributed by atoms with Gasteiger partial charge in [-0.15, -0.1) is 0 Å². The van der Waals surface area contributed by atoms with E-state index in [2.05, 4.69) is 289 Å². The minimum atomic E-state index is -2.81. The van der Waals surface area contributed by atoms with Gasteiger partial charge in [-0.1, -0.05) is 200 Å². The summed E-state index contributed by atoms with van der Waals surface area (Å²) in [7, 11) is -2.81. The quantitative estimate of drug-likeness (QED) is 0.135. The van der Waals surface area contributed by atoms with Crippen LogP contribution in [0.25, 0.3) is 55.3 Å². The maximum atomic E-state index is 6.90. The molecule has 1 aliphatic rings. The number of hydrogen-bond donors (Lipinski definition) is 0. The number of rotatable bonds is 9. The molecule has 3 nitrogen and oxygen atoms in total. The molecule has 0 N–H and O–H groups in total. The lowest BCUT2D eigenvalue weighted by atomic mass is 10.0. The van der Waals surface area contributed by atoms with E-state index >= 15 is 0 Å². The maximum absolute atomic E-state index is 6.90. The van der Waals surface area contributed by atoms with Gasteiger partial charge in [-0.2, -0.15) is 0 Å². The summed E-state index contributed by atoms with van der Waals surface area (Å²) in [5, 5.41) is 7.65. The Morgan fingerprint density at radius 2 is 0.714 bits per heavy atom. The standard InChI is InChI=1S/C66H46N2OSi/c1-6-18-47(19-7-1)49-30-36-54(37-31-49)67(55-38-32-50(33-39-55)48-20-8-2-9-21-48)56-40-42-60-59-41-34-52(45-63(59)69-64(60)46-56)51-35-43-66-62(44-51)68(53-22-10-3-11-23-53)61-28-16-17-29-65(61)70(66,57-24-12-4-13-25-57)58-26-14-5-15-27-58/h1-46H. The summed E-state index contributed by atoms with van der Waals surface area (Å²) in [6.07, 6.45) is 0. The largest absolute Gasteiger partial charge is 0.456 e. The predicted molar refractivity (Wildman–Crippen MR) is 297 cm³/mol. The van der Waals surface area contributed by atoms with Gasteiger partial charge in [-0.3, -0.25) is 0 Å². The van der Waals surface area contributed by atoms with Crippen molar-refractivity contribution < 1.29 is 4.42 Å². The van der Waals surface area contributed by atoms with Crippen LogP contribution in [0.2, 0.25) is 0 Å². The number of nitrogens with zero attached hydrogens (tertiary/aromatic N) is 2. The minimum Gasteiger partial charge on any atom is -0.456 e. The molecule has 11 aromatic carbocycles. The number of furan rings is 1. The van der Waals surface area contributed by atoms with Crippen molar-refractivity contribution in [3.8, 4) is 33.4 Å². The highest BCUT2D eigenvalue weighted by Gasteiger charge is 2.48. The zero-order valence-corrected chi connectivity index (χ0v) is 39.4. The first-order chi connectivity index (χ1) is 34.7. The number of hydrogen-bond acceptors (Lipinski definition) is 3. The van der Waals surface area contributed by atoms with Crippen molar-refractivity contribution in [3.63, 3.8) is 0 Å². The Morgan fingerprint density at radius 1 is 0.300 bits per heavy atom. The Labute approximate surface area is 409 Å². The molecule has 0 fully saturated rings. The van der Waals surface area contributed by atoms with Crippen molar-refractivity contribution in [2.45, 2.75) is 0 Å². The highest BCUT2D eigenvalue weighted by Crippen LogP contribution is 2.43. The van der Waals surface area contributed by atoms with Gasteiger partial charge in [-0.05, 0) is 127 Å². The third-order valence-electron chi connectivity index (χ3n) is 14.1. The molecule has 4 heteroatoms. The Morgan fingerprint density at radius 3 is 1.30 bits per heavy atom. The van der Waals surface area contributed by atoms with Crippen LogP contribution in [0.4, 0.5) is 34.1 Å². The Bertz CT molecular complexity index is 3680. The first-order valence-corrected chi connectivity index (χ1v) is 26.0. The molecular weight excluding hydrogens is 865 g/mol. The van der Waals surface area contributed by atoms with Crippen LogP contribution in [-0.4, -0.2) is 8.07 Å². The van der Waals surface area contributed by atoms with Crippen LogP contribution in [-0.2, 0) is 0 Å².